The lowest BCUT2D eigenvalue weighted by atomic mass is 9.95. The zero-order valence-corrected chi connectivity index (χ0v) is 10.4. The van der Waals surface area contributed by atoms with Gasteiger partial charge >= 0.3 is 5.97 Å². The molecule has 4 nitrogen and oxygen atoms in total. The first-order valence-corrected chi connectivity index (χ1v) is 5.69. The first-order chi connectivity index (χ1) is 8.67. The summed E-state index contributed by atoms with van der Waals surface area (Å²) in [5, 5.41) is 9.92. The third-order valence-corrected chi connectivity index (χ3v) is 3.10. The smallest absolute Gasteiger partial charge is 0.314 e. The number of fused-ring (bicyclic) bond motifs is 1. The molecule has 0 bridgehead atoms. The van der Waals surface area contributed by atoms with Gasteiger partial charge in [0.1, 0.15) is 0 Å². The molecular formula is C14H14N2O2. The molecule has 0 aliphatic heterocycles. The molecule has 4 heteroatoms. The quantitative estimate of drug-likeness (QED) is 0.841. The molecule has 0 radical (unpaired) electrons. The summed E-state index contributed by atoms with van der Waals surface area (Å²) in [6.07, 6.45) is 2.05. The Balaban J connectivity index is 2.45. The van der Waals surface area contributed by atoms with Crippen molar-refractivity contribution in [3.63, 3.8) is 0 Å². The number of nitriles is 1. The highest BCUT2D eigenvalue weighted by atomic mass is 16.5. The lowest BCUT2D eigenvalue weighted by Gasteiger charge is -2.11. The highest BCUT2D eigenvalue weighted by Gasteiger charge is 2.21. The minimum Gasteiger partial charge on any atom is -0.469 e. The van der Waals surface area contributed by atoms with Crippen LogP contribution < -0.4 is 0 Å². The van der Waals surface area contributed by atoms with Crippen LogP contribution in [0.1, 0.15) is 23.5 Å². The molecule has 0 amide bonds. The van der Waals surface area contributed by atoms with Crippen LogP contribution in [-0.4, -0.2) is 18.1 Å². The Bertz CT molecular complexity index is 622. The van der Waals surface area contributed by atoms with Gasteiger partial charge in [-0.2, -0.15) is 5.26 Å². The Morgan fingerprint density at radius 2 is 2.33 bits per heavy atom. The summed E-state index contributed by atoms with van der Waals surface area (Å²) in [4.78, 5) is 14.8. The minimum absolute atomic E-state index is 0.123. The molecule has 0 fully saturated rings. The number of aromatic nitrogens is 1. The number of aryl methyl sites for hydroxylation is 1. The average molecular weight is 242 g/mol. The molecular weight excluding hydrogens is 228 g/mol. The summed E-state index contributed by atoms with van der Waals surface area (Å²) in [5.41, 5.74) is 2.93. The number of methoxy groups -OCH3 is 1. The molecule has 1 aromatic heterocycles. The van der Waals surface area contributed by atoms with Gasteiger partial charge in [0, 0.05) is 17.1 Å². The van der Waals surface area contributed by atoms with Crippen molar-refractivity contribution in [2.45, 2.75) is 19.3 Å². The van der Waals surface area contributed by atoms with E-state index in [-0.39, 0.29) is 12.4 Å². The lowest BCUT2D eigenvalue weighted by Crippen LogP contribution is -2.13. The van der Waals surface area contributed by atoms with E-state index in [0.29, 0.717) is 0 Å². The van der Waals surface area contributed by atoms with Crippen molar-refractivity contribution in [2.24, 2.45) is 0 Å². The van der Waals surface area contributed by atoms with Gasteiger partial charge < -0.3 is 9.72 Å². The molecule has 0 aliphatic rings. The number of carbonyl (C=O) groups excluding carboxylic acids is 1. The van der Waals surface area contributed by atoms with E-state index in [4.69, 9.17) is 10.00 Å². The van der Waals surface area contributed by atoms with Crippen molar-refractivity contribution in [3.8, 4) is 6.07 Å². The Kier molecular flexibility index (Phi) is 3.33. The van der Waals surface area contributed by atoms with Crippen LogP contribution >= 0.6 is 0 Å². The summed E-state index contributed by atoms with van der Waals surface area (Å²) in [6, 6.07) is 7.77. The third kappa shape index (κ3) is 2.07. The van der Waals surface area contributed by atoms with E-state index in [1.54, 1.807) is 0 Å². The largest absolute Gasteiger partial charge is 0.469 e. The summed E-state index contributed by atoms with van der Waals surface area (Å²) in [7, 11) is 1.34. The van der Waals surface area contributed by atoms with E-state index >= 15 is 0 Å². The predicted octanol–water partition coefficient (Wildman–Crippen LogP) is 2.65. The first-order valence-electron chi connectivity index (χ1n) is 5.69. The van der Waals surface area contributed by atoms with E-state index in [2.05, 4.69) is 4.98 Å². The SMILES string of the molecule is COC(=O)C(CC#N)c1ccc2c(C)c[nH]c2c1. The van der Waals surface area contributed by atoms with Crippen molar-refractivity contribution < 1.29 is 9.53 Å². The van der Waals surface area contributed by atoms with E-state index in [1.807, 2.05) is 37.4 Å². The maximum Gasteiger partial charge on any atom is 0.314 e. The second-order valence-electron chi connectivity index (χ2n) is 4.21. The van der Waals surface area contributed by atoms with Gasteiger partial charge in [0.05, 0.1) is 25.5 Å². The number of hydrogen-bond acceptors (Lipinski definition) is 3. The molecule has 0 spiro atoms. The highest BCUT2D eigenvalue weighted by Crippen LogP contribution is 2.26. The molecule has 2 rings (SSSR count). The number of nitrogens with zero attached hydrogens (tertiary/aromatic N) is 1. The molecule has 1 atom stereocenters. The highest BCUT2D eigenvalue weighted by molar-refractivity contribution is 5.86. The van der Waals surface area contributed by atoms with Crippen LogP contribution in [0.5, 0.6) is 0 Å². The van der Waals surface area contributed by atoms with Gasteiger partial charge in [-0.3, -0.25) is 4.79 Å². The number of hydrogen-bond donors (Lipinski definition) is 1. The second kappa shape index (κ2) is 4.92. The molecule has 18 heavy (non-hydrogen) atoms. The summed E-state index contributed by atoms with van der Waals surface area (Å²) in [5.74, 6) is -0.896. The molecule has 1 aromatic carbocycles. The van der Waals surface area contributed by atoms with Crippen LogP contribution in [-0.2, 0) is 9.53 Å². The van der Waals surface area contributed by atoms with Crippen LogP contribution in [0.2, 0.25) is 0 Å². The van der Waals surface area contributed by atoms with Gasteiger partial charge in [0.2, 0.25) is 0 Å². The summed E-state index contributed by atoms with van der Waals surface area (Å²) >= 11 is 0. The number of benzene rings is 1. The number of carbonyl (C=O) groups is 1. The molecule has 92 valence electrons. The van der Waals surface area contributed by atoms with Gasteiger partial charge in [-0.05, 0) is 24.1 Å². The fourth-order valence-corrected chi connectivity index (χ4v) is 2.08. The monoisotopic (exact) mass is 242 g/mol. The maximum absolute atomic E-state index is 11.7. The number of nitrogens with one attached hydrogen (secondary N) is 1. The van der Waals surface area contributed by atoms with E-state index in [9.17, 15) is 4.79 Å². The Labute approximate surface area is 105 Å². The minimum atomic E-state index is -0.520. The average Bonchev–Trinajstić information content (AvgIpc) is 2.76. The van der Waals surface area contributed by atoms with Gasteiger partial charge in [0.15, 0.2) is 0 Å². The molecule has 1 heterocycles. The number of rotatable bonds is 3. The predicted molar refractivity (Wildman–Crippen MR) is 68.0 cm³/mol. The first kappa shape index (κ1) is 12.2. The van der Waals surface area contributed by atoms with Crippen LogP contribution in [0.25, 0.3) is 10.9 Å². The van der Waals surface area contributed by atoms with Crippen LogP contribution in [0.15, 0.2) is 24.4 Å². The van der Waals surface area contributed by atoms with E-state index in [0.717, 1.165) is 22.0 Å². The third-order valence-electron chi connectivity index (χ3n) is 3.10. The second-order valence-corrected chi connectivity index (χ2v) is 4.21. The van der Waals surface area contributed by atoms with Gasteiger partial charge in [-0.15, -0.1) is 0 Å². The lowest BCUT2D eigenvalue weighted by molar-refractivity contribution is -0.142. The zero-order chi connectivity index (χ0) is 13.1. The van der Waals surface area contributed by atoms with Gasteiger partial charge in [0.25, 0.3) is 0 Å². The van der Waals surface area contributed by atoms with Crippen molar-refractivity contribution in [1.82, 2.24) is 4.98 Å². The Hall–Kier alpha value is -2.28. The molecule has 2 aromatic rings. The van der Waals surface area contributed by atoms with Crippen LogP contribution in [0.4, 0.5) is 0 Å². The van der Waals surface area contributed by atoms with Crippen LogP contribution in [0, 0.1) is 18.3 Å². The topological polar surface area (TPSA) is 65.9 Å². The molecule has 0 aliphatic carbocycles. The fraction of sp³-hybridized carbons (Fsp3) is 0.286. The number of H-pyrrole nitrogens is 1. The van der Waals surface area contributed by atoms with E-state index < -0.39 is 5.92 Å². The van der Waals surface area contributed by atoms with Crippen molar-refractivity contribution in [3.05, 3.63) is 35.5 Å². The van der Waals surface area contributed by atoms with Gasteiger partial charge in [-0.25, -0.2) is 0 Å². The Morgan fingerprint density at radius 1 is 1.56 bits per heavy atom. The van der Waals surface area contributed by atoms with Crippen molar-refractivity contribution in [2.75, 3.05) is 7.11 Å². The molecule has 1 N–H and O–H groups in total. The Morgan fingerprint density at radius 3 is 3.00 bits per heavy atom. The van der Waals surface area contributed by atoms with Crippen LogP contribution in [0.3, 0.4) is 0 Å². The zero-order valence-electron chi connectivity index (χ0n) is 10.4. The summed E-state index contributed by atoms with van der Waals surface area (Å²) < 4.78 is 4.74. The number of aromatic amines is 1. The fourth-order valence-electron chi connectivity index (χ4n) is 2.08. The number of esters is 1. The number of ether oxygens (including phenoxy) is 1. The molecule has 0 saturated carbocycles. The molecule has 1 unspecified atom stereocenters. The normalized spacial score (nSPS) is 12.1. The van der Waals surface area contributed by atoms with E-state index in [1.165, 1.54) is 7.11 Å². The van der Waals surface area contributed by atoms with Crippen molar-refractivity contribution >= 4 is 16.9 Å². The van der Waals surface area contributed by atoms with Gasteiger partial charge in [-0.1, -0.05) is 12.1 Å². The summed E-state index contributed by atoms with van der Waals surface area (Å²) in [6.45, 7) is 2.02. The van der Waals surface area contributed by atoms with Crippen molar-refractivity contribution in [1.29, 1.82) is 5.26 Å². The molecule has 0 saturated heterocycles. The maximum atomic E-state index is 11.7. The standard InChI is InChI=1S/C14H14N2O2/c1-9-8-16-13-7-10(3-4-11(9)13)12(5-6-15)14(17)18-2/h3-4,7-8,12,16H,5H2,1-2H3.